The van der Waals surface area contributed by atoms with Crippen LogP contribution in [-0.4, -0.2) is 48.0 Å². The molecule has 0 unspecified atom stereocenters. The molecule has 0 spiro atoms. The van der Waals surface area contributed by atoms with Crippen molar-refractivity contribution < 1.29 is 4.74 Å². The summed E-state index contributed by atoms with van der Waals surface area (Å²) < 4.78 is 7.06. The second-order valence-electron chi connectivity index (χ2n) is 5.17. The fraction of sp³-hybridized carbons (Fsp3) is 0.769. The zero-order chi connectivity index (χ0) is 13.0. The fourth-order valence-corrected chi connectivity index (χ4v) is 2.57. The van der Waals surface area contributed by atoms with Gasteiger partial charge >= 0.3 is 0 Å². The first-order chi connectivity index (χ1) is 8.69. The lowest BCUT2D eigenvalue weighted by atomic mass is 9.97. The second kappa shape index (κ2) is 6.20. The molecule has 1 saturated heterocycles. The standard InChI is InChI=1S/C13H24N4O/c1-11-9-13(14)17(15-11)10-12-3-5-16(6-4-12)7-8-18-2/h9,12H,3-8,10,14H2,1-2H3. The van der Waals surface area contributed by atoms with Crippen LogP contribution in [0.2, 0.25) is 0 Å². The maximum absolute atomic E-state index is 5.93. The van der Waals surface area contributed by atoms with E-state index >= 15 is 0 Å². The lowest BCUT2D eigenvalue weighted by Crippen LogP contribution is -2.37. The third-order valence-corrected chi connectivity index (χ3v) is 3.68. The highest BCUT2D eigenvalue weighted by atomic mass is 16.5. The van der Waals surface area contributed by atoms with Gasteiger partial charge in [0.05, 0.1) is 12.3 Å². The van der Waals surface area contributed by atoms with E-state index in [-0.39, 0.29) is 0 Å². The normalized spacial score (nSPS) is 18.3. The van der Waals surface area contributed by atoms with Gasteiger partial charge in [-0.1, -0.05) is 0 Å². The van der Waals surface area contributed by atoms with E-state index in [0.717, 1.165) is 44.3 Å². The monoisotopic (exact) mass is 252 g/mol. The molecule has 0 amide bonds. The van der Waals surface area contributed by atoms with Crippen molar-refractivity contribution in [3.05, 3.63) is 11.8 Å². The first-order valence-corrected chi connectivity index (χ1v) is 6.70. The third kappa shape index (κ3) is 3.46. The molecule has 5 heteroatoms. The molecule has 1 fully saturated rings. The lowest BCUT2D eigenvalue weighted by Gasteiger charge is -2.31. The summed E-state index contributed by atoms with van der Waals surface area (Å²) in [6, 6.07) is 1.94. The van der Waals surface area contributed by atoms with Crippen LogP contribution in [0.5, 0.6) is 0 Å². The SMILES string of the molecule is COCCN1CCC(Cn2nc(C)cc2N)CC1. The number of nitrogen functional groups attached to an aromatic ring is 1. The Kier molecular flexibility index (Phi) is 4.60. The van der Waals surface area contributed by atoms with E-state index in [1.165, 1.54) is 12.8 Å². The van der Waals surface area contributed by atoms with Crippen molar-refractivity contribution in [3.8, 4) is 0 Å². The first-order valence-electron chi connectivity index (χ1n) is 6.70. The van der Waals surface area contributed by atoms with E-state index in [1.807, 2.05) is 17.7 Å². The zero-order valence-corrected chi connectivity index (χ0v) is 11.4. The molecule has 0 aliphatic carbocycles. The number of nitrogens with two attached hydrogens (primary N) is 1. The van der Waals surface area contributed by atoms with Gasteiger partial charge in [0.1, 0.15) is 5.82 Å². The Hall–Kier alpha value is -1.07. The highest BCUT2D eigenvalue weighted by Gasteiger charge is 2.20. The van der Waals surface area contributed by atoms with Crippen molar-refractivity contribution in [3.63, 3.8) is 0 Å². The van der Waals surface area contributed by atoms with E-state index in [4.69, 9.17) is 10.5 Å². The topological polar surface area (TPSA) is 56.3 Å². The average Bonchev–Trinajstić information content (AvgIpc) is 2.67. The minimum absolute atomic E-state index is 0.699. The number of aryl methyl sites for hydroxylation is 1. The molecule has 2 heterocycles. The quantitative estimate of drug-likeness (QED) is 0.853. The van der Waals surface area contributed by atoms with Crippen molar-refractivity contribution in [2.45, 2.75) is 26.3 Å². The number of hydrogen-bond donors (Lipinski definition) is 1. The molecule has 2 rings (SSSR count). The van der Waals surface area contributed by atoms with Crippen LogP contribution >= 0.6 is 0 Å². The summed E-state index contributed by atoms with van der Waals surface area (Å²) in [6.07, 6.45) is 2.45. The van der Waals surface area contributed by atoms with Crippen LogP contribution in [0.3, 0.4) is 0 Å². The summed E-state index contributed by atoms with van der Waals surface area (Å²) in [5.41, 5.74) is 6.93. The minimum atomic E-state index is 0.699. The van der Waals surface area contributed by atoms with Crippen LogP contribution < -0.4 is 5.73 Å². The van der Waals surface area contributed by atoms with Gasteiger partial charge in [0.2, 0.25) is 0 Å². The number of ether oxygens (including phenoxy) is 1. The van der Waals surface area contributed by atoms with Gasteiger partial charge in [0.15, 0.2) is 0 Å². The Morgan fingerprint density at radius 2 is 2.17 bits per heavy atom. The summed E-state index contributed by atoms with van der Waals surface area (Å²) >= 11 is 0. The van der Waals surface area contributed by atoms with Crippen LogP contribution in [0.25, 0.3) is 0 Å². The number of anilines is 1. The zero-order valence-electron chi connectivity index (χ0n) is 11.4. The Labute approximate surface area is 109 Å². The van der Waals surface area contributed by atoms with Crippen LogP contribution in [-0.2, 0) is 11.3 Å². The van der Waals surface area contributed by atoms with Crippen molar-refractivity contribution in [2.75, 3.05) is 39.1 Å². The van der Waals surface area contributed by atoms with Gasteiger partial charge in [-0.05, 0) is 38.8 Å². The summed E-state index contributed by atoms with van der Waals surface area (Å²) in [6.45, 7) is 7.14. The van der Waals surface area contributed by atoms with Crippen LogP contribution in [0, 0.1) is 12.8 Å². The van der Waals surface area contributed by atoms with Gasteiger partial charge in [-0.3, -0.25) is 0 Å². The van der Waals surface area contributed by atoms with E-state index in [2.05, 4.69) is 10.00 Å². The first kappa shape index (κ1) is 13.4. The number of methoxy groups -OCH3 is 1. The molecule has 1 aliphatic rings. The molecule has 5 nitrogen and oxygen atoms in total. The van der Waals surface area contributed by atoms with Crippen molar-refractivity contribution >= 4 is 5.82 Å². The van der Waals surface area contributed by atoms with Gasteiger partial charge in [-0.15, -0.1) is 0 Å². The molecule has 0 aromatic carbocycles. The smallest absolute Gasteiger partial charge is 0.121 e. The second-order valence-corrected chi connectivity index (χ2v) is 5.17. The molecule has 1 aromatic rings. The molecule has 1 aliphatic heterocycles. The van der Waals surface area contributed by atoms with Crippen molar-refractivity contribution in [1.82, 2.24) is 14.7 Å². The molecular weight excluding hydrogens is 228 g/mol. The van der Waals surface area contributed by atoms with Gasteiger partial charge < -0.3 is 15.4 Å². The van der Waals surface area contributed by atoms with Gasteiger partial charge in [0.25, 0.3) is 0 Å². The van der Waals surface area contributed by atoms with Gasteiger partial charge in [-0.2, -0.15) is 5.10 Å². The molecule has 1 aromatic heterocycles. The molecule has 18 heavy (non-hydrogen) atoms. The predicted molar refractivity (Wildman–Crippen MR) is 72.4 cm³/mol. The molecule has 0 saturated carbocycles. The van der Waals surface area contributed by atoms with Crippen molar-refractivity contribution in [1.29, 1.82) is 0 Å². The number of likely N-dealkylation sites (tertiary alicyclic amines) is 1. The van der Waals surface area contributed by atoms with Gasteiger partial charge in [0, 0.05) is 26.3 Å². The van der Waals surface area contributed by atoms with E-state index in [0.29, 0.717) is 5.92 Å². The average molecular weight is 252 g/mol. The van der Waals surface area contributed by atoms with E-state index < -0.39 is 0 Å². The van der Waals surface area contributed by atoms with Gasteiger partial charge in [-0.25, -0.2) is 4.68 Å². The summed E-state index contributed by atoms with van der Waals surface area (Å²) in [5, 5.41) is 4.43. The molecule has 0 bridgehead atoms. The Bertz CT molecular complexity index is 369. The highest BCUT2D eigenvalue weighted by Crippen LogP contribution is 2.20. The van der Waals surface area contributed by atoms with Crippen LogP contribution in [0.4, 0.5) is 5.82 Å². The predicted octanol–water partition coefficient (Wildman–Crippen LogP) is 1.13. The van der Waals surface area contributed by atoms with Crippen LogP contribution in [0.1, 0.15) is 18.5 Å². The third-order valence-electron chi connectivity index (χ3n) is 3.68. The number of piperidine rings is 1. The Morgan fingerprint density at radius 1 is 1.44 bits per heavy atom. The fourth-order valence-electron chi connectivity index (χ4n) is 2.57. The summed E-state index contributed by atoms with van der Waals surface area (Å²) in [7, 11) is 1.76. The van der Waals surface area contributed by atoms with E-state index in [1.54, 1.807) is 7.11 Å². The molecule has 2 N–H and O–H groups in total. The maximum Gasteiger partial charge on any atom is 0.121 e. The summed E-state index contributed by atoms with van der Waals surface area (Å²) in [4.78, 5) is 2.47. The minimum Gasteiger partial charge on any atom is -0.384 e. The lowest BCUT2D eigenvalue weighted by molar-refractivity contribution is 0.116. The molecule has 0 atom stereocenters. The molecule has 102 valence electrons. The maximum atomic E-state index is 5.93. The Balaban J connectivity index is 1.78. The number of hydrogen-bond acceptors (Lipinski definition) is 4. The Morgan fingerprint density at radius 3 is 2.72 bits per heavy atom. The largest absolute Gasteiger partial charge is 0.384 e. The van der Waals surface area contributed by atoms with Crippen molar-refractivity contribution in [2.24, 2.45) is 5.92 Å². The molecule has 0 radical (unpaired) electrons. The summed E-state index contributed by atoms with van der Waals surface area (Å²) in [5.74, 6) is 1.49. The van der Waals surface area contributed by atoms with E-state index in [9.17, 15) is 0 Å². The van der Waals surface area contributed by atoms with Crippen LogP contribution in [0.15, 0.2) is 6.07 Å². The number of nitrogens with zero attached hydrogens (tertiary/aromatic N) is 3. The number of aromatic nitrogens is 2. The number of rotatable bonds is 5. The molecular formula is C13H24N4O. The highest BCUT2D eigenvalue weighted by molar-refractivity contribution is 5.30.